The van der Waals surface area contributed by atoms with E-state index in [1.54, 1.807) is 7.11 Å². The summed E-state index contributed by atoms with van der Waals surface area (Å²) in [6.07, 6.45) is -4.39. The van der Waals surface area contributed by atoms with Crippen LogP contribution in [0.1, 0.15) is 24.1 Å². The van der Waals surface area contributed by atoms with Gasteiger partial charge < -0.3 is 15.4 Å². The molecule has 3 nitrogen and oxygen atoms in total. The molecule has 2 N–H and O–H groups in total. The number of hydrogen-bond acceptors (Lipinski definition) is 2. The molecular weight excluding hydrogens is 337 g/mol. The third kappa shape index (κ3) is 4.86. The summed E-state index contributed by atoms with van der Waals surface area (Å²) in [6.45, 7) is 1.90. The van der Waals surface area contributed by atoms with Crippen LogP contribution in [0, 0.1) is 0 Å². The van der Waals surface area contributed by atoms with Crippen molar-refractivity contribution in [3.63, 3.8) is 0 Å². The third-order valence-electron chi connectivity index (χ3n) is 3.39. The molecule has 2 aromatic rings. The van der Waals surface area contributed by atoms with Gasteiger partial charge in [0.15, 0.2) is 5.11 Å². The molecule has 0 saturated heterocycles. The van der Waals surface area contributed by atoms with E-state index < -0.39 is 11.7 Å². The lowest BCUT2D eigenvalue weighted by Crippen LogP contribution is -2.31. The number of halogens is 3. The molecule has 2 aromatic carbocycles. The van der Waals surface area contributed by atoms with Gasteiger partial charge in [0.05, 0.1) is 18.7 Å². The summed E-state index contributed by atoms with van der Waals surface area (Å²) >= 11 is 5.18. The van der Waals surface area contributed by atoms with Crippen molar-refractivity contribution in [2.24, 2.45) is 0 Å². The molecule has 0 saturated carbocycles. The molecule has 0 aliphatic rings. The predicted molar refractivity (Wildman–Crippen MR) is 92.2 cm³/mol. The first-order valence-corrected chi connectivity index (χ1v) is 7.59. The van der Waals surface area contributed by atoms with Crippen molar-refractivity contribution in [3.05, 3.63) is 59.7 Å². The predicted octanol–water partition coefficient (Wildman–Crippen LogP) is 4.76. The summed E-state index contributed by atoms with van der Waals surface area (Å²) in [7, 11) is 1.58. The van der Waals surface area contributed by atoms with Crippen LogP contribution in [0.2, 0.25) is 0 Å². The van der Waals surface area contributed by atoms with Gasteiger partial charge in [-0.15, -0.1) is 0 Å². The number of ether oxygens (including phenoxy) is 1. The summed E-state index contributed by atoms with van der Waals surface area (Å²) < 4.78 is 43.3. The number of anilines is 1. The Balaban J connectivity index is 2.02. The largest absolute Gasteiger partial charge is 0.497 e. The van der Waals surface area contributed by atoms with Crippen LogP contribution in [-0.2, 0) is 6.18 Å². The lowest BCUT2D eigenvalue weighted by molar-refractivity contribution is -0.137. The molecule has 0 aromatic heterocycles. The molecule has 7 heteroatoms. The van der Waals surface area contributed by atoms with Crippen molar-refractivity contribution in [1.82, 2.24) is 5.32 Å². The normalized spacial score (nSPS) is 12.4. The minimum Gasteiger partial charge on any atom is -0.497 e. The Bertz CT molecular complexity index is 719. The van der Waals surface area contributed by atoms with Gasteiger partial charge >= 0.3 is 6.18 Å². The van der Waals surface area contributed by atoms with Crippen LogP contribution in [-0.4, -0.2) is 12.2 Å². The minimum absolute atomic E-state index is 0.133. The van der Waals surface area contributed by atoms with Crippen LogP contribution in [0.5, 0.6) is 5.75 Å². The molecule has 0 aliphatic heterocycles. The highest BCUT2D eigenvalue weighted by Crippen LogP contribution is 2.30. The highest BCUT2D eigenvalue weighted by Gasteiger charge is 2.30. The molecule has 0 fully saturated rings. The van der Waals surface area contributed by atoms with Crippen molar-refractivity contribution in [2.45, 2.75) is 19.1 Å². The van der Waals surface area contributed by atoms with E-state index in [1.165, 1.54) is 12.1 Å². The van der Waals surface area contributed by atoms with Gasteiger partial charge in [0.1, 0.15) is 5.75 Å². The molecule has 24 heavy (non-hydrogen) atoms. The summed E-state index contributed by atoms with van der Waals surface area (Å²) in [5, 5.41) is 6.05. The Morgan fingerprint density at radius 1 is 1.12 bits per heavy atom. The van der Waals surface area contributed by atoms with Crippen molar-refractivity contribution in [2.75, 3.05) is 12.4 Å². The van der Waals surface area contributed by atoms with Gasteiger partial charge in [-0.05, 0) is 55.0 Å². The summed E-state index contributed by atoms with van der Waals surface area (Å²) in [4.78, 5) is 0. The van der Waals surface area contributed by atoms with Crippen molar-refractivity contribution in [3.8, 4) is 5.75 Å². The monoisotopic (exact) mass is 354 g/mol. The van der Waals surface area contributed by atoms with Crippen molar-refractivity contribution < 1.29 is 17.9 Å². The highest BCUT2D eigenvalue weighted by atomic mass is 32.1. The number of benzene rings is 2. The molecule has 0 radical (unpaired) electrons. The fraction of sp³-hybridized carbons (Fsp3) is 0.235. The van der Waals surface area contributed by atoms with E-state index in [0.29, 0.717) is 0 Å². The molecule has 0 bridgehead atoms. The second kappa shape index (κ2) is 7.53. The maximum Gasteiger partial charge on any atom is 0.416 e. The van der Waals surface area contributed by atoms with E-state index in [0.717, 1.165) is 23.4 Å². The zero-order valence-electron chi connectivity index (χ0n) is 13.1. The zero-order valence-corrected chi connectivity index (χ0v) is 14.0. The first-order valence-electron chi connectivity index (χ1n) is 7.18. The van der Waals surface area contributed by atoms with E-state index in [-0.39, 0.29) is 16.8 Å². The van der Waals surface area contributed by atoms with Crippen LogP contribution >= 0.6 is 12.2 Å². The first kappa shape index (κ1) is 18.1. The van der Waals surface area contributed by atoms with Crippen LogP contribution in [0.3, 0.4) is 0 Å². The van der Waals surface area contributed by atoms with Gasteiger partial charge in [-0.3, -0.25) is 0 Å². The number of hydrogen-bond donors (Lipinski definition) is 2. The summed E-state index contributed by atoms with van der Waals surface area (Å²) in [5.41, 5.74) is 0.499. The molecule has 128 valence electrons. The van der Waals surface area contributed by atoms with Gasteiger partial charge in [0.25, 0.3) is 0 Å². The van der Waals surface area contributed by atoms with E-state index in [1.807, 2.05) is 31.2 Å². The standard InChI is InChI=1S/C17H17F3N2OS/c1-11(12-5-3-8-15(9-12)23-2)21-16(24)22-14-7-4-6-13(10-14)17(18,19)20/h3-11H,1-2H3,(H2,21,22,24)/t11-/m0/s1. The van der Waals surface area contributed by atoms with E-state index in [9.17, 15) is 13.2 Å². The Hall–Kier alpha value is -2.28. The van der Waals surface area contributed by atoms with E-state index >= 15 is 0 Å². The van der Waals surface area contributed by atoms with Gasteiger partial charge in [-0.25, -0.2) is 0 Å². The molecule has 1 atom stereocenters. The molecule has 2 rings (SSSR count). The van der Waals surface area contributed by atoms with E-state index in [4.69, 9.17) is 17.0 Å². The number of alkyl halides is 3. The Kier molecular flexibility index (Phi) is 5.66. The lowest BCUT2D eigenvalue weighted by atomic mass is 10.1. The van der Waals surface area contributed by atoms with Crippen LogP contribution in [0.25, 0.3) is 0 Å². The fourth-order valence-corrected chi connectivity index (χ4v) is 2.43. The van der Waals surface area contributed by atoms with Crippen LogP contribution in [0.4, 0.5) is 18.9 Å². The minimum atomic E-state index is -4.39. The van der Waals surface area contributed by atoms with Gasteiger partial charge in [-0.2, -0.15) is 13.2 Å². The zero-order chi connectivity index (χ0) is 17.7. The van der Waals surface area contributed by atoms with Gasteiger partial charge in [0.2, 0.25) is 0 Å². The molecule has 0 unspecified atom stereocenters. The van der Waals surface area contributed by atoms with Gasteiger partial charge in [-0.1, -0.05) is 18.2 Å². The summed E-state index contributed by atoms with van der Waals surface area (Å²) in [6, 6.07) is 12.2. The SMILES string of the molecule is COc1cccc([C@H](C)NC(=S)Nc2cccc(C(F)(F)F)c2)c1. The number of methoxy groups -OCH3 is 1. The smallest absolute Gasteiger partial charge is 0.416 e. The molecule has 0 amide bonds. The number of thiocarbonyl (C=S) groups is 1. The Labute approximate surface area is 143 Å². The molecule has 0 spiro atoms. The summed E-state index contributed by atoms with van der Waals surface area (Å²) in [5.74, 6) is 0.720. The van der Waals surface area contributed by atoms with E-state index in [2.05, 4.69) is 10.6 Å². The van der Waals surface area contributed by atoms with Gasteiger partial charge in [0, 0.05) is 5.69 Å². The second-order valence-corrected chi connectivity index (χ2v) is 5.58. The lowest BCUT2D eigenvalue weighted by Gasteiger charge is -2.18. The Morgan fingerprint density at radius 2 is 1.83 bits per heavy atom. The first-order chi connectivity index (χ1) is 11.3. The van der Waals surface area contributed by atoms with Crippen LogP contribution < -0.4 is 15.4 Å². The molecule has 0 aliphatic carbocycles. The number of nitrogens with one attached hydrogen (secondary N) is 2. The fourth-order valence-electron chi connectivity index (χ4n) is 2.13. The number of rotatable bonds is 4. The highest BCUT2D eigenvalue weighted by molar-refractivity contribution is 7.80. The van der Waals surface area contributed by atoms with Crippen molar-refractivity contribution >= 4 is 23.0 Å². The topological polar surface area (TPSA) is 33.3 Å². The molecule has 0 heterocycles. The average molecular weight is 354 g/mol. The third-order valence-corrected chi connectivity index (χ3v) is 3.61. The average Bonchev–Trinajstić information content (AvgIpc) is 2.54. The van der Waals surface area contributed by atoms with Crippen molar-refractivity contribution in [1.29, 1.82) is 0 Å². The second-order valence-electron chi connectivity index (χ2n) is 5.18. The maximum absolute atomic E-state index is 12.7. The Morgan fingerprint density at radius 3 is 2.50 bits per heavy atom. The van der Waals surface area contributed by atoms with Crippen LogP contribution in [0.15, 0.2) is 48.5 Å². The maximum atomic E-state index is 12.7. The molecular formula is C17H17F3N2OS. The quantitative estimate of drug-likeness (QED) is 0.776.